The normalized spacial score (nSPS) is 20.5. The smallest absolute Gasteiger partial charge is 0.276 e. The van der Waals surface area contributed by atoms with Gasteiger partial charge in [0.2, 0.25) is 0 Å². The van der Waals surface area contributed by atoms with Gasteiger partial charge in [-0.15, -0.1) is 0 Å². The van der Waals surface area contributed by atoms with Crippen molar-refractivity contribution in [2.24, 2.45) is 0 Å². The van der Waals surface area contributed by atoms with Gasteiger partial charge in [-0.1, -0.05) is 25.4 Å². The maximum absolute atomic E-state index is 13.2. The summed E-state index contributed by atoms with van der Waals surface area (Å²) in [6, 6.07) is 0. The highest BCUT2D eigenvalue weighted by molar-refractivity contribution is 6.34. The van der Waals surface area contributed by atoms with Gasteiger partial charge in [-0.05, 0) is 13.5 Å². The van der Waals surface area contributed by atoms with Crippen molar-refractivity contribution in [1.82, 2.24) is 19.6 Å². The molecule has 0 radical (unpaired) electrons. The second-order valence-corrected chi connectivity index (χ2v) is 6.13. The molecule has 0 aliphatic carbocycles. The van der Waals surface area contributed by atoms with E-state index in [9.17, 15) is 13.6 Å². The Morgan fingerprint density at radius 2 is 1.96 bits per heavy atom. The zero-order valence-electron chi connectivity index (χ0n) is 13.8. The zero-order valence-corrected chi connectivity index (χ0v) is 14.5. The number of hydrogen-bond acceptors (Lipinski definition) is 3. The Bertz CT molecular complexity index is 576. The Morgan fingerprint density at radius 3 is 2.57 bits per heavy atom. The lowest BCUT2D eigenvalue weighted by Gasteiger charge is -2.15. The lowest BCUT2D eigenvalue weighted by atomic mass is 10.3. The van der Waals surface area contributed by atoms with E-state index < -0.39 is 18.4 Å². The van der Waals surface area contributed by atoms with E-state index in [0.717, 1.165) is 23.6 Å². The molecule has 1 fully saturated rings. The highest BCUT2D eigenvalue weighted by Crippen LogP contribution is 2.30. The van der Waals surface area contributed by atoms with Crippen molar-refractivity contribution in [3.63, 3.8) is 0 Å². The summed E-state index contributed by atoms with van der Waals surface area (Å²) in [4.78, 5) is 15.6. The summed E-state index contributed by atoms with van der Waals surface area (Å²) in [5.74, 6) is -3.31. The standard InChI is InChI=1S/C13H17ClF2N4O.C2H6/c1-18-4-2-5-20-9(7-18)10(14)11(17-20)12(21)19-6-3-13(15,16)8-19;1-2/h2-8H2,1H3;1-2H3. The Kier molecular flexibility index (Phi) is 5.62. The molecule has 2 aliphatic rings. The number of nitrogens with zero attached hydrogens (tertiary/aromatic N) is 4. The molecule has 1 amide bonds. The summed E-state index contributed by atoms with van der Waals surface area (Å²) in [6.07, 6.45) is 0.615. The lowest BCUT2D eigenvalue weighted by molar-refractivity contribution is 0.0119. The number of aromatic nitrogens is 2. The number of rotatable bonds is 1. The molecule has 0 N–H and O–H groups in total. The second-order valence-electron chi connectivity index (χ2n) is 5.76. The number of alkyl halides is 2. The van der Waals surface area contributed by atoms with Crippen molar-refractivity contribution in [2.45, 2.75) is 45.7 Å². The third kappa shape index (κ3) is 3.83. The van der Waals surface area contributed by atoms with E-state index in [-0.39, 0.29) is 18.7 Å². The van der Waals surface area contributed by atoms with Crippen molar-refractivity contribution >= 4 is 17.5 Å². The van der Waals surface area contributed by atoms with Crippen LogP contribution in [0.1, 0.15) is 42.9 Å². The molecule has 23 heavy (non-hydrogen) atoms. The van der Waals surface area contributed by atoms with E-state index in [1.54, 1.807) is 4.68 Å². The molecule has 1 aromatic heterocycles. The van der Waals surface area contributed by atoms with Crippen molar-refractivity contribution in [2.75, 3.05) is 26.7 Å². The number of carbonyl (C=O) groups is 1. The molecule has 0 spiro atoms. The van der Waals surface area contributed by atoms with Gasteiger partial charge in [0.05, 0.1) is 17.3 Å². The molecule has 0 saturated carbocycles. The number of carbonyl (C=O) groups excluding carboxylic acids is 1. The van der Waals surface area contributed by atoms with Crippen LogP contribution < -0.4 is 0 Å². The average Bonchev–Trinajstić information content (AvgIpc) is 2.95. The summed E-state index contributed by atoms with van der Waals surface area (Å²) in [5.41, 5.74) is 0.880. The summed E-state index contributed by atoms with van der Waals surface area (Å²) < 4.78 is 28.2. The maximum atomic E-state index is 13.2. The monoisotopic (exact) mass is 348 g/mol. The highest BCUT2D eigenvalue weighted by Gasteiger charge is 2.41. The fourth-order valence-corrected chi connectivity index (χ4v) is 3.11. The molecule has 1 saturated heterocycles. The molecule has 0 atom stereocenters. The lowest BCUT2D eigenvalue weighted by Crippen LogP contribution is -2.32. The highest BCUT2D eigenvalue weighted by atomic mass is 35.5. The van der Waals surface area contributed by atoms with Gasteiger partial charge in [0.15, 0.2) is 5.69 Å². The molecule has 1 aromatic rings. The van der Waals surface area contributed by atoms with Crippen LogP contribution in [0.15, 0.2) is 0 Å². The first-order chi connectivity index (χ1) is 10.9. The topological polar surface area (TPSA) is 41.4 Å². The first kappa shape index (κ1) is 18.1. The summed E-state index contributed by atoms with van der Waals surface area (Å²) >= 11 is 6.28. The van der Waals surface area contributed by atoms with Crippen molar-refractivity contribution in [1.29, 1.82) is 0 Å². The van der Waals surface area contributed by atoms with Gasteiger partial charge < -0.3 is 9.80 Å². The summed E-state index contributed by atoms with van der Waals surface area (Å²) in [7, 11) is 1.97. The quantitative estimate of drug-likeness (QED) is 0.783. The van der Waals surface area contributed by atoms with E-state index in [0.29, 0.717) is 18.1 Å². The van der Waals surface area contributed by atoms with Crippen LogP contribution in [0.4, 0.5) is 8.78 Å². The van der Waals surface area contributed by atoms with E-state index >= 15 is 0 Å². The van der Waals surface area contributed by atoms with Crippen LogP contribution in [0.2, 0.25) is 5.02 Å². The van der Waals surface area contributed by atoms with Gasteiger partial charge in [0.25, 0.3) is 11.8 Å². The van der Waals surface area contributed by atoms with E-state index in [2.05, 4.69) is 10.00 Å². The van der Waals surface area contributed by atoms with Crippen LogP contribution in [0.5, 0.6) is 0 Å². The van der Waals surface area contributed by atoms with Gasteiger partial charge >= 0.3 is 0 Å². The molecule has 130 valence electrons. The fourth-order valence-electron chi connectivity index (χ4n) is 2.83. The van der Waals surface area contributed by atoms with Crippen molar-refractivity contribution in [3.05, 3.63) is 16.4 Å². The minimum atomic E-state index is -2.81. The van der Waals surface area contributed by atoms with Gasteiger partial charge in [-0.25, -0.2) is 8.78 Å². The predicted molar refractivity (Wildman–Crippen MR) is 85.0 cm³/mol. The Morgan fingerprint density at radius 1 is 1.26 bits per heavy atom. The van der Waals surface area contributed by atoms with Crippen LogP contribution in [-0.4, -0.2) is 58.1 Å². The summed E-state index contributed by atoms with van der Waals surface area (Å²) in [6.45, 7) is 5.72. The van der Waals surface area contributed by atoms with E-state index in [1.165, 1.54) is 0 Å². The summed E-state index contributed by atoms with van der Waals surface area (Å²) in [5, 5.41) is 4.55. The van der Waals surface area contributed by atoms with Crippen LogP contribution in [0.25, 0.3) is 0 Å². The van der Waals surface area contributed by atoms with Crippen molar-refractivity contribution < 1.29 is 13.6 Å². The minimum Gasteiger partial charge on any atom is -0.331 e. The SMILES string of the molecule is CC.CN1CCCn2nc(C(=O)N3CCC(F)(F)C3)c(Cl)c2C1. The predicted octanol–water partition coefficient (Wildman–Crippen LogP) is 2.88. The van der Waals surface area contributed by atoms with Crippen LogP contribution in [0.3, 0.4) is 0 Å². The first-order valence-corrected chi connectivity index (χ1v) is 8.36. The third-order valence-corrected chi connectivity index (χ3v) is 4.38. The maximum Gasteiger partial charge on any atom is 0.276 e. The molecular weight excluding hydrogens is 326 g/mol. The first-order valence-electron chi connectivity index (χ1n) is 7.98. The van der Waals surface area contributed by atoms with E-state index in [1.807, 2.05) is 20.9 Å². The number of amides is 1. The molecule has 5 nitrogen and oxygen atoms in total. The van der Waals surface area contributed by atoms with Gasteiger partial charge in [-0.3, -0.25) is 9.48 Å². The Balaban J connectivity index is 0.000000924. The van der Waals surface area contributed by atoms with Crippen molar-refractivity contribution in [3.8, 4) is 0 Å². The van der Waals surface area contributed by atoms with Crippen LogP contribution in [0, 0.1) is 0 Å². The van der Waals surface area contributed by atoms with E-state index in [4.69, 9.17) is 11.6 Å². The molecule has 0 bridgehead atoms. The average molecular weight is 349 g/mol. The molecule has 3 heterocycles. The van der Waals surface area contributed by atoms with Gasteiger partial charge in [0, 0.05) is 32.6 Å². The molecule has 2 aliphatic heterocycles. The Hall–Kier alpha value is -1.21. The zero-order chi connectivity index (χ0) is 17.2. The molecule has 3 rings (SSSR count). The largest absolute Gasteiger partial charge is 0.331 e. The fraction of sp³-hybridized carbons (Fsp3) is 0.733. The molecule has 8 heteroatoms. The number of likely N-dealkylation sites (tertiary alicyclic amines) is 1. The Labute approximate surface area is 140 Å². The molecular formula is C15H23ClF2N4O. The van der Waals surface area contributed by atoms with Crippen LogP contribution >= 0.6 is 11.6 Å². The van der Waals surface area contributed by atoms with Crippen LogP contribution in [-0.2, 0) is 13.1 Å². The van der Waals surface area contributed by atoms with Gasteiger partial charge in [0.1, 0.15) is 0 Å². The number of hydrogen-bond donors (Lipinski definition) is 0. The third-order valence-electron chi connectivity index (χ3n) is 3.98. The minimum absolute atomic E-state index is 0.0459. The second kappa shape index (κ2) is 7.13. The number of aryl methyl sites for hydroxylation is 1. The number of halogens is 3. The number of fused-ring (bicyclic) bond motifs is 1. The molecule has 0 unspecified atom stereocenters. The molecule has 0 aromatic carbocycles. The van der Waals surface area contributed by atoms with Gasteiger partial charge in [-0.2, -0.15) is 5.10 Å².